The average Bonchev–Trinajstić information content (AvgIpc) is 2.57. The minimum atomic E-state index is -0.690. The first-order chi connectivity index (χ1) is 11.8. The fourth-order valence-corrected chi connectivity index (χ4v) is 3.29. The number of nitrogens with one attached hydrogen (secondary N) is 1. The second-order valence-electron chi connectivity index (χ2n) is 6.34. The van der Waals surface area contributed by atoms with E-state index in [-0.39, 0.29) is 18.4 Å². The number of rotatable bonds is 9. The summed E-state index contributed by atoms with van der Waals surface area (Å²) in [5.41, 5.74) is 1.11. The van der Waals surface area contributed by atoms with Gasteiger partial charge in [-0.05, 0) is 30.7 Å². The molecule has 0 aliphatic rings. The van der Waals surface area contributed by atoms with Gasteiger partial charge < -0.3 is 10.1 Å². The molecule has 0 aliphatic heterocycles. The van der Waals surface area contributed by atoms with E-state index in [2.05, 4.69) is 5.32 Å². The van der Waals surface area contributed by atoms with Crippen molar-refractivity contribution in [2.45, 2.75) is 51.3 Å². The Morgan fingerprint density at radius 3 is 2.36 bits per heavy atom. The molecule has 0 spiro atoms. The maximum atomic E-state index is 12.6. The van der Waals surface area contributed by atoms with Gasteiger partial charge in [0.15, 0.2) is 5.12 Å². The minimum Gasteiger partial charge on any atom is -0.467 e. The van der Waals surface area contributed by atoms with E-state index in [1.54, 1.807) is 0 Å². The first kappa shape index (κ1) is 21.2. The van der Waals surface area contributed by atoms with E-state index in [9.17, 15) is 14.4 Å². The number of aryl methyl sites for hydroxylation is 1. The maximum absolute atomic E-state index is 12.6. The topological polar surface area (TPSA) is 72.5 Å². The zero-order chi connectivity index (χ0) is 18.8. The number of esters is 1. The molecule has 1 aromatic carbocycles. The van der Waals surface area contributed by atoms with Crippen LogP contribution in [-0.2, 0) is 25.5 Å². The molecule has 5 nitrogen and oxygen atoms in total. The van der Waals surface area contributed by atoms with Gasteiger partial charge in [0.05, 0.1) is 12.4 Å². The fourth-order valence-electron chi connectivity index (χ4n) is 2.48. The van der Waals surface area contributed by atoms with Gasteiger partial charge in [0.25, 0.3) is 0 Å². The van der Waals surface area contributed by atoms with Crippen LogP contribution in [0.4, 0.5) is 0 Å². The Balaban J connectivity index is 0.00000625. The standard InChI is InChI=1S/C19H27NO4S.H2/c1-13(2)12-16(19(23)24-4)20-18(22)17(25-14(3)21)11-10-15-8-6-5-7-9-15;/h5-9,13,16-17H,10-12H2,1-4H3,(H,20,22);1H/t16-,17-;/m0./s1. The highest BCUT2D eigenvalue weighted by Crippen LogP contribution is 2.19. The Morgan fingerprint density at radius 1 is 1.20 bits per heavy atom. The number of benzene rings is 1. The summed E-state index contributed by atoms with van der Waals surface area (Å²) in [5.74, 6) is -0.531. The van der Waals surface area contributed by atoms with Gasteiger partial charge in [-0.2, -0.15) is 0 Å². The Hall–Kier alpha value is -1.82. The highest BCUT2D eigenvalue weighted by Gasteiger charge is 2.28. The SMILES string of the molecule is COC(=O)[C@H](CC(C)C)NC(=O)[C@H](CCc1ccccc1)SC(C)=O.[HH]. The van der Waals surface area contributed by atoms with Crippen LogP contribution in [0, 0.1) is 5.92 Å². The Kier molecular flexibility index (Phi) is 9.27. The van der Waals surface area contributed by atoms with Gasteiger partial charge in [-0.25, -0.2) is 4.79 Å². The molecule has 2 atom stereocenters. The van der Waals surface area contributed by atoms with Crippen molar-refractivity contribution in [3.05, 3.63) is 35.9 Å². The summed E-state index contributed by atoms with van der Waals surface area (Å²) in [7, 11) is 1.30. The van der Waals surface area contributed by atoms with Crippen molar-refractivity contribution in [3.8, 4) is 0 Å². The van der Waals surface area contributed by atoms with Gasteiger partial charge in [0.2, 0.25) is 5.91 Å². The minimum absolute atomic E-state index is 0. The predicted molar refractivity (Wildman–Crippen MR) is 102 cm³/mol. The summed E-state index contributed by atoms with van der Waals surface area (Å²) >= 11 is 1.00. The van der Waals surface area contributed by atoms with E-state index in [0.29, 0.717) is 19.3 Å². The van der Waals surface area contributed by atoms with E-state index in [4.69, 9.17) is 4.74 Å². The zero-order valence-electron chi connectivity index (χ0n) is 15.3. The van der Waals surface area contributed by atoms with Crippen LogP contribution in [-0.4, -0.2) is 35.4 Å². The summed E-state index contributed by atoms with van der Waals surface area (Å²) in [6.07, 6.45) is 1.70. The molecular weight excluding hydrogens is 338 g/mol. The first-order valence-electron chi connectivity index (χ1n) is 8.42. The molecule has 1 rings (SSSR count). The van der Waals surface area contributed by atoms with Crippen molar-refractivity contribution >= 4 is 28.8 Å². The molecule has 140 valence electrons. The molecule has 0 saturated carbocycles. The molecule has 1 N–H and O–H groups in total. The average molecular weight is 368 g/mol. The normalized spacial score (nSPS) is 13.2. The highest BCUT2D eigenvalue weighted by atomic mass is 32.2. The molecule has 0 unspecified atom stereocenters. The molecule has 0 aliphatic carbocycles. The predicted octanol–water partition coefficient (Wildman–Crippen LogP) is 3.22. The van der Waals surface area contributed by atoms with Gasteiger partial charge in [-0.15, -0.1) is 0 Å². The van der Waals surface area contributed by atoms with Gasteiger partial charge in [-0.3, -0.25) is 9.59 Å². The number of amides is 1. The lowest BCUT2D eigenvalue weighted by atomic mass is 10.0. The molecule has 25 heavy (non-hydrogen) atoms. The van der Waals surface area contributed by atoms with Crippen molar-refractivity contribution in [1.29, 1.82) is 0 Å². The van der Waals surface area contributed by atoms with Gasteiger partial charge in [-0.1, -0.05) is 55.9 Å². The summed E-state index contributed by atoms with van der Waals surface area (Å²) in [6.45, 7) is 5.39. The molecule has 0 radical (unpaired) electrons. The van der Waals surface area contributed by atoms with Crippen molar-refractivity contribution in [2.24, 2.45) is 5.92 Å². The van der Waals surface area contributed by atoms with E-state index in [1.807, 2.05) is 44.2 Å². The molecule has 0 heterocycles. The highest BCUT2D eigenvalue weighted by molar-refractivity contribution is 8.14. The smallest absolute Gasteiger partial charge is 0.328 e. The van der Waals surface area contributed by atoms with Crippen molar-refractivity contribution < 1.29 is 20.5 Å². The van der Waals surface area contributed by atoms with Crippen LogP contribution >= 0.6 is 11.8 Å². The molecule has 6 heteroatoms. The fraction of sp³-hybridized carbons (Fsp3) is 0.526. The lowest BCUT2D eigenvalue weighted by molar-refractivity contribution is -0.145. The third kappa shape index (κ3) is 8.20. The van der Waals surface area contributed by atoms with E-state index in [1.165, 1.54) is 14.0 Å². The lowest BCUT2D eigenvalue weighted by Crippen LogP contribution is -2.46. The van der Waals surface area contributed by atoms with E-state index >= 15 is 0 Å². The van der Waals surface area contributed by atoms with E-state index < -0.39 is 17.3 Å². The second-order valence-corrected chi connectivity index (χ2v) is 7.72. The Morgan fingerprint density at radius 2 is 1.84 bits per heavy atom. The van der Waals surface area contributed by atoms with Gasteiger partial charge in [0, 0.05) is 8.35 Å². The van der Waals surface area contributed by atoms with Crippen LogP contribution in [0.3, 0.4) is 0 Å². The van der Waals surface area contributed by atoms with Crippen LogP contribution in [0.1, 0.15) is 40.6 Å². The molecule has 0 fully saturated rings. The Bertz CT molecular complexity index is 580. The van der Waals surface area contributed by atoms with Gasteiger partial charge >= 0.3 is 5.97 Å². The summed E-state index contributed by atoms with van der Waals surface area (Å²) in [6, 6.07) is 9.11. The molecule has 1 aromatic rings. The second kappa shape index (κ2) is 10.9. The lowest BCUT2D eigenvalue weighted by Gasteiger charge is -2.21. The van der Waals surface area contributed by atoms with Crippen molar-refractivity contribution in [3.63, 3.8) is 0 Å². The van der Waals surface area contributed by atoms with E-state index in [0.717, 1.165) is 17.3 Å². The quantitative estimate of drug-likeness (QED) is 0.679. The van der Waals surface area contributed by atoms with Crippen LogP contribution in [0.15, 0.2) is 30.3 Å². The van der Waals surface area contributed by atoms with Crippen molar-refractivity contribution in [1.82, 2.24) is 5.32 Å². The molecular formula is C19H29NO4S. The number of thioether (sulfide) groups is 1. The number of carbonyl (C=O) groups is 3. The number of methoxy groups -OCH3 is 1. The molecule has 0 bridgehead atoms. The summed E-state index contributed by atoms with van der Waals surface area (Å²) in [5, 5.41) is 2.10. The largest absolute Gasteiger partial charge is 0.467 e. The number of carbonyl (C=O) groups excluding carboxylic acids is 3. The summed E-state index contributed by atoms with van der Waals surface area (Å²) < 4.78 is 4.78. The molecule has 0 aromatic heterocycles. The maximum Gasteiger partial charge on any atom is 0.328 e. The number of hydrogen-bond donors (Lipinski definition) is 1. The first-order valence-corrected chi connectivity index (χ1v) is 9.30. The third-order valence-electron chi connectivity index (χ3n) is 3.65. The van der Waals surface area contributed by atoms with Gasteiger partial charge in [0.1, 0.15) is 6.04 Å². The number of hydrogen-bond acceptors (Lipinski definition) is 5. The number of ether oxygens (including phenoxy) is 1. The molecule has 0 saturated heterocycles. The monoisotopic (exact) mass is 367 g/mol. The molecule has 1 amide bonds. The van der Waals surface area contributed by atoms with Crippen LogP contribution in [0.25, 0.3) is 0 Å². The Labute approximate surface area is 155 Å². The van der Waals surface area contributed by atoms with Crippen LogP contribution in [0.2, 0.25) is 0 Å². The third-order valence-corrected chi connectivity index (χ3v) is 4.71. The van der Waals surface area contributed by atoms with Crippen LogP contribution < -0.4 is 5.32 Å². The van der Waals surface area contributed by atoms with Crippen molar-refractivity contribution in [2.75, 3.05) is 7.11 Å². The zero-order valence-corrected chi connectivity index (χ0v) is 16.1. The summed E-state index contributed by atoms with van der Waals surface area (Å²) in [4.78, 5) is 36.0. The van der Waals surface area contributed by atoms with Crippen LogP contribution in [0.5, 0.6) is 0 Å².